The lowest BCUT2D eigenvalue weighted by molar-refractivity contribution is 1.09. The van der Waals surface area contributed by atoms with E-state index in [1.54, 1.807) is 0 Å². The molecule has 11 heavy (non-hydrogen) atoms. The zero-order valence-corrected chi connectivity index (χ0v) is 6.80. The molecule has 0 aromatic rings. The average Bonchev–Trinajstić information content (AvgIpc) is 2.47. The summed E-state index contributed by atoms with van der Waals surface area (Å²) in [6, 6.07) is 0. The predicted molar refractivity (Wildman–Crippen MR) is 48.3 cm³/mol. The summed E-state index contributed by atoms with van der Waals surface area (Å²) in [6.07, 6.45) is 13.3. The van der Waals surface area contributed by atoms with Crippen LogP contribution in [0.5, 0.6) is 0 Å². The maximum atomic E-state index is 2.24. The van der Waals surface area contributed by atoms with E-state index in [-0.39, 0.29) is 0 Å². The Morgan fingerprint density at radius 3 is 3.09 bits per heavy atom. The first-order valence-corrected chi connectivity index (χ1v) is 4.19. The molecule has 0 atom stereocenters. The van der Waals surface area contributed by atoms with E-state index < -0.39 is 0 Å². The summed E-state index contributed by atoms with van der Waals surface area (Å²) >= 11 is 0. The van der Waals surface area contributed by atoms with Crippen molar-refractivity contribution in [2.45, 2.75) is 19.8 Å². The standard InChI is InChI=1S/C11H12/c1-2-9-7-8-10-5-3-4-6-11(9)10/h3-5,7-8H,2,6H2,1H3. The lowest BCUT2D eigenvalue weighted by Crippen LogP contribution is -1.88. The Hall–Kier alpha value is -1.04. The molecule has 0 N–H and O–H groups in total. The van der Waals surface area contributed by atoms with Crippen molar-refractivity contribution in [2.75, 3.05) is 0 Å². The van der Waals surface area contributed by atoms with Gasteiger partial charge in [-0.25, -0.2) is 0 Å². The van der Waals surface area contributed by atoms with Crippen LogP contribution in [0.25, 0.3) is 0 Å². The van der Waals surface area contributed by atoms with Crippen LogP contribution < -0.4 is 0 Å². The van der Waals surface area contributed by atoms with Gasteiger partial charge in [-0.15, -0.1) is 0 Å². The molecule has 56 valence electrons. The molecule has 2 rings (SSSR count). The first-order chi connectivity index (χ1) is 5.42. The minimum absolute atomic E-state index is 1.13. The third-order valence-corrected chi connectivity index (χ3v) is 2.31. The Balaban J connectivity index is 2.42. The fraction of sp³-hybridized carbons (Fsp3) is 0.273. The van der Waals surface area contributed by atoms with Crippen LogP contribution in [-0.2, 0) is 0 Å². The Kier molecular flexibility index (Phi) is 1.54. The second-order valence-electron chi connectivity index (χ2n) is 2.94. The van der Waals surface area contributed by atoms with Gasteiger partial charge in [0, 0.05) is 0 Å². The van der Waals surface area contributed by atoms with Crippen LogP contribution in [0.3, 0.4) is 0 Å². The van der Waals surface area contributed by atoms with Crippen LogP contribution in [0.4, 0.5) is 0 Å². The van der Waals surface area contributed by atoms with Crippen molar-refractivity contribution in [1.29, 1.82) is 0 Å². The van der Waals surface area contributed by atoms with E-state index in [9.17, 15) is 0 Å². The monoisotopic (exact) mass is 144 g/mol. The smallest absolute Gasteiger partial charge is 0.00856 e. The Morgan fingerprint density at radius 2 is 2.27 bits per heavy atom. The second kappa shape index (κ2) is 2.54. The molecule has 0 aromatic carbocycles. The summed E-state index contributed by atoms with van der Waals surface area (Å²) in [7, 11) is 0. The van der Waals surface area contributed by atoms with Crippen molar-refractivity contribution in [1.82, 2.24) is 0 Å². The van der Waals surface area contributed by atoms with E-state index in [1.165, 1.54) is 16.7 Å². The Morgan fingerprint density at radius 1 is 1.36 bits per heavy atom. The van der Waals surface area contributed by atoms with E-state index in [1.807, 2.05) is 0 Å². The quantitative estimate of drug-likeness (QED) is 0.530. The fourth-order valence-electron chi connectivity index (χ4n) is 1.67. The number of fused-ring (bicyclic) bond motifs is 1. The minimum atomic E-state index is 1.13. The largest absolute Gasteiger partial charge is 0.0801 e. The van der Waals surface area contributed by atoms with E-state index in [2.05, 4.69) is 37.3 Å². The molecule has 0 aromatic heterocycles. The SMILES string of the molecule is CCC1=C2CC=CC=C2C=C1. The summed E-state index contributed by atoms with van der Waals surface area (Å²) in [6.45, 7) is 2.22. The molecule has 2 aliphatic rings. The number of hydrogen-bond acceptors (Lipinski definition) is 0. The molecule has 0 fully saturated rings. The van der Waals surface area contributed by atoms with Crippen molar-refractivity contribution >= 4 is 0 Å². The molecule has 0 unspecified atom stereocenters. The van der Waals surface area contributed by atoms with Crippen molar-refractivity contribution in [3.8, 4) is 0 Å². The van der Waals surface area contributed by atoms with Crippen LogP contribution >= 0.6 is 0 Å². The van der Waals surface area contributed by atoms with Gasteiger partial charge in [-0.05, 0) is 29.6 Å². The molecule has 0 heteroatoms. The van der Waals surface area contributed by atoms with Crippen molar-refractivity contribution in [3.05, 3.63) is 47.1 Å². The van der Waals surface area contributed by atoms with E-state index in [0.29, 0.717) is 0 Å². The van der Waals surface area contributed by atoms with Gasteiger partial charge in [0.25, 0.3) is 0 Å². The van der Waals surface area contributed by atoms with Crippen LogP contribution in [0, 0.1) is 0 Å². The molecule has 0 bridgehead atoms. The third kappa shape index (κ3) is 0.988. The average molecular weight is 144 g/mol. The lowest BCUT2D eigenvalue weighted by Gasteiger charge is -2.07. The van der Waals surface area contributed by atoms with Gasteiger partial charge in [-0.3, -0.25) is 0 Å². The maximum Gasteiger partial charge on any atom is -0.00856 e. The van der Waals surface area contributed by atoms with Gasteiger partial charge in [0.2, 0.25) is 0 Å². The summed E-state index contributed by atoms with van der Waals surface area (Å²) in [5.41, 5.74) is 4.47. The Labute approximate surface area is 67.6 Å². The van der Waals surface area contributed by atoms with Crippen LogP contribution in [0.2, 0.25) is 0 Å². The summed E-state index contributed by atoms with van der Waals surface area (Å²) in [5.74, 6) is 0. The molecule has 0 radical (unpaired) electrons. The molecular formula is C11H12. The highest BCUT2D eigenvalue weighted by atomic mass is 14.2. The second-order valence-corrected chi connectivity index (χ2v) is 2.94. The van der Waals surface area contributed by atoms with Gasteiger partial charge in [-0.2, -0.15) is 0 Å². The number of allylic oxidation sites excluding steroid dienone is 8. The molecule has 0 spiro atoms. The van der Waals surface area contributed by atoms with Crippen LogP contribution in [0.1, 0.15) is 19.8 Å². The highest BCUT2D eigenvalue weighted by molar-refractivity contribution is 5.56. The molecule has 0 heterocycles. The van der Waals surface area contributed by atoms with Gasteiger partial charge < -0.3 is 0 Å². The van der Waals surface area contributed by atoms with Crippen molar-refractivity contribution < 1.29 is 0 Å². The normalized spacial score (nSPS) is 20.6. The molecule has 0 amide bonds. The van der Waals surface area contributed by atoms with Gasteiger partial charge in [-0.1, -0.05) is 37.3 Å². The maximum absolute atomic E-state index is 2.24. The van der Waals surface area contributed by atoms with Gasteiger partial charge in [0.15, 0.2) is 0 Å². The molecule has 0 saturated heterocycles. The summed E-state index contributed by atoms with van der Waals surface area (Å²) in [4.78, 5) is 0. The van der Waals surface area contributed by atoms with Crippen LogP contribution in [-0.4, -0.2) is 0 Å². The van der Waals surface area contributed by atoms with Gasteiger partial charge >= 0.3 is 0 Å². The van der Waals surface area contributed by atoms with E-state index in [0.717, 1.165) is 12.8 Å². The topological polar surface area (TPSA) is 0 Å². The first-order valence-electron chi connectivity index (χ1n) is 4.19. The highest BCUT2D eigenvalue weighted by Crippen LogP contribution is 2.31. The van der Waals surface area contributed by atoms with E-state index >= 15 is 0 Å². The molecule has 0 saturated carbocycles. The highest BCUT2D eigenvalue weighted by Gasteiger charge is 2.12. The third-order valence-electron chi connectivity index (χ3n) is 2.31. The molecule has 0 aliphatic heterocycles. The number of hydrogen-bond donors (Lipinski definition) is 0. The van der Waals surface area contributed by atoms with E-state index in [4.69, 9.17) is 0 Å². The lowest BCUT2D eigenvalue weighted by atomic mass is 9.98. The Bertz CT molecular complexity index is 285. The van der Waals surface area contributed by atoms with Crippen LogP contribution in [0.15, 0.2) is 47.1 Å². The fourth-order valence-corrected chi connectivity index (χ4v) is 1.67. The van der Waals surface area contributed by atoms with Gasteiger partial charge in [0.1, 0.15) is 0 Å². The summed E-state index contributed by atoms with van der Waals surface area (Å²) in [5, 5.41) is 0. The predicted octanol–water partition coefficient (Wildman–Crippen LogP) is 3.15. The summed E-state index contributed by atoms with van der Waals surface area (Å²) < 4.78 is 0. The first kappa shape index (κ1) is 6.66. The molecule has 0 nitrogen and oxygen atoms in total. The minimum Gasteiger partial charge on any atom is -0.0801 e. The zero-order chi connectivity index (χ0) is 7.68. The van der Waals surface area contributed by atoms with Crippen molar-refractivity contribution in [2.24, 2.45) is 0 Å². The zero-order valence-electron chi connectivity index (χ0n) is 6.80. The number of rotatable bonds is 1. The molecule has 2 aliphatic carbocycles. The molecular weight excluding hydrogens is 132 g/mol. The van der Waals surface area contributed by atoms with Gasteiger partial charge in [0.05, 0.1) is 0 Å². The van der Waals surface area contributed by atoms with Crippen molar-refractivity contribution in [3.63, 3.8) is 0 Å².